The molecular formula is C19H20O5S. The number of ether oxygens (including phenoxy) is 1. The minimum Gasteiger partial charge on any atom is -0.493 e. The molecule has 0 radical (unpaired) electrons. The molecule has 6 heteroatoms. The van der Waals surface area contributed by atoms with E-state index in [1.807, 2.05) is 12.1 Å². The zero-order valence-corrected chi connectivity index (χ0v) is 14.9. The highest BCUT2D eigenvalue weighted by atomic mass is 32.1. The Hall–Kier alpha value is -2.47. The van der Waals surface area contributed by atoms with Crippen LogP contribution in [-0.2, 0) is 5.41 Å². The topological polar surface area (TPSA) is 83.8 Å². The van der Waals surface area contributed by atoms with E-state index in [-0.39, 0.29) is 16.5 Å². The Bertz CT molecular complexity index is 748. The summed E-state index contributed by atoms with van der Waals surface area (Å²) in [5.74, 6) is -1.10. The first-order chi connectivity index (χ1) is 11.7. The van der Waals surface area contributed by atoms with Crippen LogP contribution in [0.4, 0.5) is 0 Å². The van der Waals surface area contributed by atoms with Crippen LogP contribution in [0.2, 0.25) is 0 Å². The molecule has 1 aliphatic heterocycles. The molecule has 5 nitrogen and oxygen atoms in total. The van der Waals surface area contributed by atoms with Gasteiger partial charge in [0, 0.05) is 10.5 Å². The van der Waals surface area contributed by atoms with E-state index in [0.29, 0.717) is 0 Å². The number of rotatable bonds is 2. The van der Waals surface area contributed by atoms with E-state index in [1.165, 1.54) is 29.8 Å². The van der Waals surface area contributed by atoms with Gasteiger partial charge in [0.1, 0.15) is 5.75 Å². The summed E-state index contributed by atoms with van der Waals surface area (Å²) in [6.07, 6.45) is 1.08. The maximum atomic E-state index is 10.3. The molecule has 0 atom stereocenters. The van der Waals surface area contributed by atoms with Crippen LogP contribution in [0.1, 0.15) is 46.5 Å². The van der Waals surface area contributed by atoms with Gasteiger partial charge in [0.15, 0.2) is 0 Å². The lowest BCUT2D eigenvalue weighted by molar-refractivity contribution is 0.0681. The quantitative estimate of drug-likeness (QED) is 0.702. The first-order valence-electron chi connectivity index (χ1n) is 7.73. The summed E-state index contributed by atoms with van der Waals surface area (Å²) in [6.45, 7) is 5.33. The Labute approximate surface area is 151 Å². The molecule has 0 unspecified atom stereocenters. The zero-order chi connectivity index (χ0) is 18.6. The molecule has 1 heterocycles. The Morgan fingerprint density at radius 1 is 1.00 bits per heavy atom. The lowest BCUT2D eigenvalue weighted by atomic mass is 9.80. The van der Waals surface area contributed by atoms with Crippen molar-refractivity contribution < 1.29 is 24.5 Å². The molecule has 2 aromatic rings. The molecule has 0 amide bonds. The molecule has 0 saturated heterocycles. The van der Waals surface area contributed by atoms with Gasteiger partial charge in [-0.3, -0.25) is 0 Å². The molecular weight excluding hydrogens is 340 g/mol. The van der Waals surface area contributed by atoms with E-state index < -0.39 is 11.9 Å². The third-order valence-electron chi connectivity index (χ3n) is 4.06. The number of thiol groups is 1. The molecule has 0 aromatic heterocycles. The normalized spacial score (nSPS) is 14.4. The van der Waals surface area contributed by atoms with Crippen molar-refractivity contribution in [3.05, 3.63) is 59.2 Å². The highest BCUT2D eigenvalue weighted by molar-refractivity contribution is 7.80. The third kappa shape index (κ3) is 4.76. The van der Waals surface area contributed by atoms with Gasteiger partial charge in [0.2, 0.25) is 0 Å². The van der Waals surface area contributed by atoms with Crippen molar-refractivity contribution >= 4 is 24.6 Å². The largest absolute Gasteiger partial charge is 0.493 e. The SMILES string of the molecule is CC1(C)CCOc2ccc(S)cc21.O=C(O)c1ccc(C(=O)O)cc1. The molecule has 0 saturated carbocycles. The van der Waals surface area contributed by atoms with E-state index in [0.717, 1.165) is 23.7 Å². The van der Waals surface area contributed by atoms with Gasteiger partial charge in [-0.25, -0.2) is 9.59 Å². The molecule has 0 fully saturated rings. The van der Waals surface area contributed by atoms with Crippen molar-refractivity contribution in [3.8, 4) is 5.75 Å². The Kier molecular flexibility index (Phi) is 5.74. The van der Waals surface area contributed by atoms with Crippen LogP contribution in [0.5, 0.6) is 5.75 Å². The van der Waals surface area contributed by atoms with Crippen molar-refractivity contribution in [2.45, 2.75) is 30.6 Å². The van der Waals surface area contributed by atoms with E-state index >= 15 is 0 Å². The smallest absolute Gasteiger partial charge is 0.335 e. The Morgan fingerprint density at radius 3 is 2.00 bits per heavy atom. The second kappa shape index (κ2) is 7.61. The number of benzene rings is 2. The van der Waals surface area contributed by atoms with E-state index in [2.05, 4.69) is 32.5 Å². The summed E-state index contributed by atoms with van der Waals surface area (Å²) >= 11 is 4.34. The molecule has 2 N–H and O–H groups in total. The highest BCUT2D eigenvalue weighted by Gasteiger charge is 2.28. The van der Waals surface area contributed by atoms with Gasteiger partial charge in [-0.15, -0.1) is 12.6 Å². The van der Waals surface area contributed by atoms with Crippen LogP contribution < -0.4 is 4.74 Å². The van der Waals surface area contributed by atoms with Crippen LogP contribution >= 0.6 is 12.6 Å². The van der Waals surface area contributed by atoms with Crippen LogP contribution in [-0.4, -0.2) is 28.8 Å². The van der Waals surface area contributed by atoms with Crippen molar-refractivity contribution in [1.82, 2.24) is 0 Å². The second-order valence-corrected chi connectivity index (χ2v) is 6.87. The number of hydrogen-bond acceptors (Lipinski definition) is 4. The number of hydrogen-bond donors (Lipinski definition) is 3. The number of aromatic carboxylic acids is 2. The zero-order valence-electron chi connectivity index (χ0n) is 14.0. The predicted molar refractivity (Wildman–Crippen MR) is 97.2 cm³/mol. The summed E-state index contributed by atoms with van der Waals surface area (Å²) in [4.78, 5) is 21.7. The number of fused-ring (bicyclic) bond motifs is 1. The van der Waals surface area contributed by atoms with E-state index in [9.17, 15) is 9.59 Å². The molecule has 0 spiro atoms. The van der Waals surface area contributed by atoms with Crippen LogP contribution in [0.3, 0.4) is 0 Å². The predicted octanol–water partition coefficient (Wildman–Crippen LogP) is 4.12. The fourth-order valence-corrected chi connectivity index (χ4v) is 2.68. The molecule has 0 aliphatic carbocycles. The molecule has 3 rings (SSSR count). The van der Waals surface area contributed by atoms with Gasteiger partial charge in [-0.1, -0.05) is 13.8 Å². The van der Waals surface area contributed by atoms with Crippen molar-refractivity contribution in [3.63, 3.8) is 0 Å². The average Bonchev–Trinajstić information content (AvgIpc) is 2.56. The number of carboxylic acid groups (broad SMARTS) is 2. The summed E-state index contributed by atoms with van der Waals surface area (Å²) in [7, 11) is 0. The maximum Gasteiger partial charge on any atom is 0.335 e. The summed E-state index contributed by atoms with van der Waals surface area (Å²) in [5.41, 5.74) is 1.68. The van der Waals surface area contributed by atoms with Gasteiger partial charge < -0.3 is 14.9 Å². The van der Waals surface area contributed by atoms with Crippen molar-refractivity contribution in [2.24, 2.45) is 0 Å². The first-order valence-corrected chi connectivity index (χ1v) is 8.18. The number of carbonyl (C=O) groups is 2. The van der Waals surface area contributed by atoms with Gasteiger partial charge in [-0.05, 0) is 54.3 Å². The third-order valence-corrected chi connectivity index (χ3v) is 4.33. The van der Waals surface area contributed by atoms with E-state index in [4.69, 9.17) is 14.9 Å². The average molecular weight is 360 g/mol. The fraction of sp³-hybridized carbons (Fsp3) is 0.263. The summed E-state index contributed by atoms with van der Waals surface area (Å²) in [5, 5.41) is 16.9. The van der Waals surface area contributed by atoms with Gasteiger partial charge >= 0.3 is 11.9 Å². The Morgan fingerprint density at radius 2 is 1.52 bits per heavy atom. The molecule has 0 bridgehead atoms. The maximum absolute atomic E-state index is 10.3. The molecule has 1 aliphatic rings. The summed E-state index contributed by atoms with van der Waals surface area (Å²) < 4.78 is 5.58. The second-order valence-electron chi connectivity index (χ2n) is 6.35. The number of carboxylic acids is 2. The lowest BCUT2D eigenvalue weighted by Gasteiger charge is -2.32. The standard InChI is InChI=1S/C11H14OS.C8H6O4/c1-11(2)5-6-12-10-4-3-8(13)7-9(10)11;9-7(10)5-1-2-6(4-3-5)8(11)12/h3-4,7,13H,5-6H2,1-2H3;1-4H,(H,9,10)(H,11,12). The van der Waals surface area contributed by atoms with Crippen LogP contribution in [0, 0.1) is 0 Å². The van der Waals surface area contributed by atoms with E-state index in [1.54, 1.807) is 0 Å². The van der Waals surface area contributed by atoms with Crippen molar-refractivity contribution in [2.75, 3.05) is 6.61 Å². The molecule has 132 valence electrons. The van der Waals surface area contributed by atoms with Crippen LogP contribution in [0.25, 0.3) is 0 Å². The first kappa shape index (κ1) is 18.9. The van der Waals surface area contributed by atoms with Gasteiger partial charge in [0.05, 0.1) is 17.7 Å². The minimum absolute atomic E-state index is 0.0833. The summed E-state index contributed by atoms with van der Waals surface area (Å²) in [6, 6.07) is 11.1. The monoisotopic (exact) mass is 360 g/mol. The van der Waals surface area contributed by atoms with Crippen LogP contribution in [0.15, 0.2) is 47.4 Å². The molecule has 25 heavy (non-hydrogen) atoms. The highest BCUT2D eigenvalue weighted by Crippen LogP contribution is 2.39. The Balaban J connectivity index is 0.000000181. The van der Waals surface area contributed by atoms with Gasteiger partial charge in [0.25, 0.3) is 0 Å². The molecule has 2 aromatic carbocycles. The fourth-order valence-electron chi connectivity index (χ4n) is 2.48. The van der Waals surface area contributed by atoms with Gasteiger partial charge in [-0.2, -0.15) is 0 Å². The van der Waals surface area contributed by atoms with Crippen molar-refractivity contribution in [1.29, 1.82) is 0 Å². The lowest BCUT2D eigenvalue weighted by Crippen LogP contribution is -2.26. The minimum atomic E-state index is -1.06.